The van der Waals surface area contributed by atoms with Crippen molar-refractivity contribution in [2.45, 2.75) is 65.6 Å². The summed E-state index contributed by atoms with van der Waals surface area (Å²) in [5, 5.41) is 10.6. The summed E-state index contributed by atoms with van der Waals surface area (Å²) in [5.74, 6) is 2.90. The first-order valence-corrected chi connectivity index (χ1v) is 14.4. The van der Waals surface area contributed by atoms with Gasteiger partial charge in [0.25, 0.3) is 0 Å². The molecule has 0 atom stereocenters. The quantitative estimate of drug-likeness (QED) is 0.187. The van der Waals surface area contributed by atoms with Gasteiger partial charge in [0, 0.05) is 0 Å². The molecule has 0 amide bonds. The van der Waals surface area contributed by atoms with Gasteiger partial charge in [-0.3, -0.25) is 0 Å². The van der Waals surface area contributed by atoms with Gasteiger partial charge >= 0.3 is 0 Å². The fourth-order valence-electron chi connectivity index (χ4n) is 4.43. The predicted molar refractivity (Wildman–Crippen MR) is 168 cm³/mol. The van der Waals surface area contributed by atoms with E-state index in [2.05, 4.69) is 39.8 Å². The van der Waals surface area contributed by atoms with Crippen molar-refractivity contribution in [1.82, 2.24) is 0 Å². The molecule has 0 saturated carbocycles. The average Bonchev–Trinajstić information content (AvgIpc) is 3.01. The Morgan fingerprint density at radius 1 is 0.537 bits per heavy atom. The van der Waals surface area contributed by atoms with Crippen LogP contribution in [0.2, 0.25) is 0 Å². The summed E-state index contributed by atoms with van der Waals surface area (Å²) < 4.78 is 28.9. The summed E-state index contributed by atoms with van der Waals surface area (Å²) in [6.45, 7) is 8.34. The van der Waals surface area contributed by atoms with Crippen molar-refractivity contribution in [2.24, 2.45) is 0 Å². The Balaban J connectivity index is 1.75. The molecule has 0 aromatic heterocycles. The minimum Gasteiger partial charge on any atom is -0.504 e. The molecule has 0 aliphatic heterocycles. The highest BCUT2D eigenvalue weighted by Crippen LogP contribution is 2.41. The Hall–Kier alpha value is -4.06. The van der Waals surface area contributed by atoms with Gasteiger partial charge in [0.15, 0.2) is 23.0 Å². The molecule has 0 spiro atoms. The first-order valence-electron chi connectivity index (χ1n) is 14.4. The number of phenolic OH excluding ortho intramolecular Hbond substituents is 1. The van der Waals surface area contributed by atoms with E-state index in [0.29, 0.717) is 28.7 Å². The lowest BCUT2D eigenvalue weighted by atomic mass is 10.1. The van der Waals surface area contributed by atoms with Crippen LogP contribution in [0.5, 0.6) is 34.5 Å². The summed E-state index contributed by atoms with van der Waals surface area (Å²) >= 11 is 0. The molecule has 41 heavy (non-hydrogen) atoms. The van der Waals surface area contributed by atoms with Crippen molar-refractivity contribution < 1.29 is 28.8 Å². The highest BCUT2D eigenvalue weighted by Gasteiger charge is 2.18. The van der Waals surface area contributed by atoms with Crippen molar-refractivity contribution in [3.05, 3.63) is 70.8 Å². The van der Waals surface area contributed by atoms with Crippen LogP contribution >= 0.6 is 0 Å². The molecule has 6 heteroatoms. The average molecular weight is 561 g/mol. The van der Waals surface area contributed by atoms with Crippen LogP contribution in [0.3, 0.4) is 0 Å². The van der Waals surface area contributed by atoms with Gasteiger partial charge in [-0.1, -0.05) is 76.3 Å². The minimum absolute atomic E-state index is 0.0283. The van der Waals surface area contributed by atoms with E-state index in [-0.39, 0.29) is 18.0 Å². The Labute approximate surface area is 245 Å². The van der Waals surface area contributed by atoms with Crippen LogP contribution in [0.25, 0.3) is 24.3 Å². The Kier molecular flexibility index (Phi) is 12.0. The van der Waals surface area contributed by atoms with E-state index in [1.54, 1.807) is 27.4 Å². The minimum atomic E-state index is 0.0283. The lowest BCUT2D eigenvalue weighted by molar-refractivity contribution is 0.177. The van der Waals surface area contributed by atoms with E-state index in [4.69, 9.17) is 23.7 Å². The van der Waals surface area contributed by atoms with Gasteiger partial charge in [-0.15, -0.1) is 0 Å². The lowest BCUT2D eigenvalue weighted by Crippen LogP contribution is -2.15. The van der Waals surface area contributed by atoms with Crippen molar-refractivity contribution in [2.75, 3.05) is 21.3 Å². The summed E-state index contributed by atoms with van der Waals surface area (Å²) in [4.78, 5) is 0. The molecule has 6 nitrogen and oxygen atoms in total. The maximum atomic E-state index is 10.6. The first-order chi connectivity index (χ1) is 19.9. The molecule has 0 bridgehead atoms. The molecule has 0 fully saturated rings. The molecule has 0 aliphatic carbocycles. The van der Waals surface area contributed by atoms with E-state index in [1.165, 1.54) is 0 Å². The largest absolute Gasteiger partial charge is 0.504 e. The van der Waals surface area contributed by atoms with Gasteiger partial charge in [-0.25, -0.2) is 0 Å². The third-order valence-electron chi connectivity index (χ3n) is 7.02. The maximum Gasteiger partial charge on any atom is 0.203 e. The van der Waals surface area contributed by atoms with Crippen LogP contribution in [-0.2, 0) is 0 Å². The number of phenols is 1. The first kappa shape index (κ1) is 31.5. The van der Waals surface area contributed by atoms with Crippen molar-refractivity contribution in [3.63, 3.8) is 0 Å². The third-order valence-corrected chi connectivity index (χ3v) is 7.02. The van der Waals surface area contributed by atoms with Crippen molar-refractivity contribution in [3.8, 4) is 34.5 Å². The van der Waals surface area contributed by atoms with E-state index in [1.807, 2.05) is 54.6 Å². The number of aromatic hydroxyl groups is 1. The number of rotatable bonds is 15. The number of methoxy groups -OCH3 is 3. The SMILES string of the molecule is CCC(CC)Oc1c(O)cc(/C=C/c2ccc(/C=C/c3cc(OC)c(OC(CC)CC)c(OC)c3)cc2)cc1OC. The molecule has 3 aromatic rings. The lowest BCUT2D eigenvalue weighted by Gasteiger charge is -2.20. The Bertz CT molecular complexity index is 1280. The molecular weight excluding hydrogens is 516 g/mol. The Morgan fingerprint density at radius 3 is 1.27 bits per heavy atom. The van der Waals surface area contributed by atoms with Gasteiger partial charge in [0.1, 0.15) is 0 Å². The molecule has 0 aliphatic rings. The summed E-state index contributed by atoms with van der Waals surface area (Å²) in [7, 11) is 4.86. The number of ether oxygens (including phenoxy) is 5. The fraction of sp³-hybridized carbons (Fsp3) is 0.371. The maximum absolute atomic E-state index is 10.6. The van der Waals surface area contributed by atoms with E-state index < -0.39 is 0 Å². The van der Waals surface area contributed by atoms with Gasteiger partial charge in [-0.05, 0) is 72.2 Å². The van der Waals surface area contributed by atoms with Crippen LogP contribution in [-0.4, -0.2) is 38.6 Å². The standard InChI is InChI=1S/C35H44O6/c1-8-28(9-2)40-34-30(36)20-26(21-31(34)37-5)18-16-24-12-14-25(15-13-24)17-19-27-22-32(38-6)35(33(23-27)39-7)41-29(10-3)11-4/h12-23,28-29,36H,8-11H2,1-7H3/b18-16+,19-17+. The highest BCUT2D eigenvalue weighted by atomic mass is 16.5. The van der Waals surface area contributed by atoms with Crippen molar-refractivity contribution in [1.29, 1.82) is 0 Å². The molecule has 0 radical (unpaired) electrons. The second kappa shape index (κ2) is 15.7. The van der Waals surface area contributed by atoms with Crippen LogP contribution < -0.4 is 23.7 Å². The second-order valence-electron chi connectivity index (χ2n) is 9.77. The van der Waals surface area contributed by atoms with Crippen LogP contribution in [0.15, 0.2) is 48.5 Å². The smallest absolute Gasteiger partial charge is 0.203 e. The van der Waals surface area contributed by atoms with E-state index in [9.17, 15) is 5.11 Å². The summed E-state index contributed by atoms with van der Waals surface area (Å²) in [5.41, 5.74) is 3.86. The van der Waals surface area contributed by atoms with Crippen LogP contribution in [0.1, 0.15) is 75.6 Å². The molecule has 0 saturated heterocycles. The monoisotopic (exact) mass is 560 g/mol. The van der Waals surface area contributed by atoms with E-state index in [0.717, 1.165) is 47.9 Å². The molecule has 220 valence electrons. The predicted octanol–water partition coefficient (Wildman–Crippen LogP) is 8.89. The normalized spacial score (nSPS) is 11.5. The number of hydrogen-bond acceptors (Lipinski definition) is 6. The van der Waals surface area contributed by atoms with Crippen LogP contribution in [0, 0.1) is 0 Å². The zero-order valence-electron chi connectivity index (χ0n) is 25.4. The summed E-state index contributed by atoms with van der Waals surface area (Å²) in [6, 6.07) is 15.7. The molecule has 0 unspecified atom stereocenters. The molecular formula is C35H44O6. The number of benzene rings is 3. The molecule has 3 aromatic carbocycles. The topological polar surface area (TPSA) is 66.4 Å². The molecule has 3 rings (SSSR count). The van der Waals surface area contributed by atoms with Gasteiger partial charge in [0.05, 0.1) is 33.5 Å². The Morgan fingerprint density at radius 2 is 0.878 bits per heavy atom. The van der Waals surface area contributed by atoms with E-state index >= 15 is 0 Å². The zero-order valence-corrected chi connectivity index (χ0v) is 25.4. The van der Waals surface area contributed by atoms with Gasteiger partial charge in [0.2, 0.25) is 11.5 Å². The zero-order chi connectivity index (χ0) is 29.8. The fourth-order valence-corrected chi connectivity index (χ4v) is 4.43. The second-order valence-corrected chi connectivity index (χ2v) is 9.77. The third kappa shape index (κ3) is 8.46. The van der Waals surface area contributed by atoms with Gasteiger partial charge in [-0.2, -0.15) is 0 Å². The molecule has 1 N–H and O–H groups in total. The molecule has 0 heterocycles. The van der Waals surface area contributed by atoms with Crippen LogP contribution in [0.4, 0.5) is 0 Å². The summed E-state index contributed by atoms with van der Waals surface area (Å²) in [6.07, 6.45) is 11.7. The van der Waals surface area contributed by atoms with Gasteiger partial charge < -0.3 is 28.8 Å². The highest BCUT2D eigenvalue weighted by molar-refractivity contribution is 5.75. The number of hydrogen-bond donors (Lipinski definition) is 1. The van der Waals surface area contributed by atoms with Crippen molar-refractivity contribution >= 4 is 24.3 Å².